The summed E-state index contributed by atoms with van der Waals surface area (Å²) >= 11 is 0. The molecule has 3 nitrogen and oxygen atoms in total. The number of ether oxygens (including phenoxy) is 1. The second-order valence-electron chi connectivity index (χ2n) is 11.1. The molecular formula is C33H42N2O. The van der Waals surface area contributed by atoms with Crippen molar-refractivity contribution >= 4 is 22.1 Å². The van der Waals surface area contributed by atoms with E-state index in [2.05, 4.69) is 119 Å². The standard InChI is InChI=1S/C33H42N2O/c1-8-9-22-34-28-19-18-25(36-7)23-27(28)32(2,3)21-13-12-16-30-33(4,5)31-26-15-11-10-14-24(26)17-20-29(31)35(30)6/h10-20,23,34H,8-9,21-22H2,1-7H3/b13-12+,30-16+. The number of fused-ring (bicyclic) bond motifs is 3. The van der Waals surface area contributed by atoms with Crippen molar-refractivity contribution in [3.05, 3.63) is 89.6 Å². The average Bonchev–Trinajstić information content (AvgIpc) is 3.07. The van der Waals surface area contributed by atoms with Gasteiger partial charge < -0.3 is 15.0 Å². The molecular weight excluding hydrogens is 440 g/mol. The van der Waals surface area contributed by atoms with E-state index in [0.717, 1.165) is 18.7 Å². The summed E-state index contributed by atoms with van der Waals surface area (Å²) < 4.78 is 5.56. The number of hydrogen-bond donors (Lipinski definition) is 1. The van der Waals surface area contributed by atoms with Gasteiger partial charge in [-0.3, -0.25) is 0 Å². The van der Waals surface area contributed by atoms with Crippen LogP contribution >= 0.6 is 0 Å². The second-order valence-corrected chi connectivity index (χ2v) is 11.1. The summed E-state index contributed by atoms with van der Waals surface area (Å²) in [5, 5.41) is 6.30. The lowest BCUT2D eigenvalue weighted by molar-refractivity contribution is 0.412. The van der Waals surface area contributed by atoms with Crippen LogP contribution in [0.25, 0.3) is 10.8 Å². The van der Waals surface area contributed by atoms with Gasteiger partial charge in [0.1, 0.15) is 5.75 Å². The number of rotatable bonds is 9. The lowest BCUT2D eigenvalue weighted by atomic mass is 9.80. The molecule has 3 aromatic carbocycles. The topological polar surface area (TPSA) is 24.5 Å². The Balaban J connectivity index is 1.58. The van der Waals surface area contributed by atoms with E-state index in [0.29, 0.717) is 0 Å². The molecule has 1 aliphatic rings. The Morgan fingerprint density at radius 1 is 1.06 bits per heavy atom. The minimum Gasteiger partial charge on any atom is -0.497 e. The van der Waals surface area contributed by atoms with Crippen molar-refractivity contribution in [2.24, 2.45) is 0 Å². The zero-order valence-electron chi connectivity index (χ0n) is 23.1. The van der Waals surface area contributed by atoms with E-state index < -0.39 is 0 Å². The lowest BCUT2D eigenvalue weighted by Crippen LogP contribution is -2.22. The van der Waals surface area contributed by atoms with Gasteiger partial charge in [0.2, 0.25) is 0 Å². The van der Waals surface area contributed by atoms with E-state index in [1.54, 1.807) is 7.11 Å². The first kappa shape index (κ1) is 25.9. The summed E-state index contributed by atoms with van der Waals surface area (Å²) in [6.07, 6.45) is 10.1. The molecule has 0 saturated heterocycles. The van der Waals surface area contributed by atoms with Gasteiger partial charge in [0.05, 0.1) is 7.11 Å². The van der Waals surface area contributed by atoms with Crippen molar-refractivity contribution in [1.82, 2.24) is 0 Å². The summed E-state index contributed by atoms with van der Waals surface area (Å²) in [5.74, 6) is 0.907. The minimum atomic E-state index is -0.0615. The van der Waals surface area contributed by atoms with Crippen LogP contribution in [0.2, 0.25) is 0 Å². The Labute approximate surface area is 217 Å². The molecule has 36 heavy (non-hydrogen) atoms. The highest BCUT2D eigenvalue weighted by molar-refractivity contribution is 5.94. The van der Waals surface area contributed by atoms with Gasteiger partial charge in [0.25, 0.3) is 0 Å². The normalized spacial score (nSPS) is 16.2. The van der Waals surface area contributed by atoms with Gasteiger partial charge in [0, 0.05) is 36.1 Å². The molecule has 1 heterocycles. The molecule has 0 aliphatic carbocycles. The first-order valence-electron chi connectivity index (χ1n) is 13.3. The third-order valence-corrected chi connectivity index (χ3v) is 7.72. The number of likely N-dealkylation sites (N-methyl/N-ethyl adjacent to an activating group) is 1. The number of unbranched alkanes of at least 4 members (excludes halogenated alkanes) is 1. The molecule has 0 unspecified atom stereocenters. The van der Waals surface area contributed by atoms with Crippen molar-refractivity contribution < 1.29 is 4.74 Å². The number of methoxy groups -OCH3 is 1. The molecule has 3 heteroatoms. The Morgan fingerprint density at radius 2 is 1.83 bits per heavy atom. The zero-order valence-corrected chi connectivity index (χ0v) is 23.1. The highest BCUT2D eigenvalue weighted by atomic mass is 16.5. The summed E-state index contributed by atoms with van der Waals surface area (Å²) in [7, 11) is 3.93. The monoisotopic (exact) mass is 482 g/mol. The minimum absolute atomic E-state index is 0.0334. The lowest BCUT2D eigenvalue weighted by Gasteiger charge is -2.28. The smallest absolute Gasteiger partial charge is 0.119 e. The van der Waals surface area contributed by atoms with Crippen LogP contribution in [0.5, 0.6) is 5.75 Å². The maximum absolute atomic E-state index is 5.56. The molecule has 3 aromatic rings. The third kappa shape index (κ3) is 4.89. The van der Waals surface area contributed by atoms with Crippen LogP contribution in [0.15, 0.2) is 78.5 Å². The van der Waals surface area contributed by atoms with Gasteiger partial charge in [-0.2, -0.15) is 0 Å². The number of nitrogens with one attached hydrogen (secondary N) is 1. The van der Waals surface area contributed by atoms with Crippen molar-refractivity contribution in [3.8, 4) is 5.75 Å². The molecule has 0 aromatic heterocycles. The van der Waals surface area contributed by atoms with Gasteiger partial charge in [-0.05, 0) is 70.5 Å². The van der Waals surface area contributed by atoms with Crippen LogP contribution in [0, 0.1) is 0 Å². The number of nitrogens with zero attached hydrogens (tertiary/aromatic N) is 1. The number of hydrogen-bond acceptors (Lipinski definition) is 3. The SMILES string of the molecule is CCCCNc1ccc(OC)cc1C(C)(C)C/C=C/C=C1/N(C)c2ccc3ccccc3c2C1(C)C. The van der Waals surface area contributed by atoms with E-state index >= 15 is 0 Å². The van der Waals surface area contributed by atoms with Gasteiger partial charge >= 0.3 is 0 Å². The fourth-order valence-corrected chi connectivity index (χ4v) is 5.59. The average molecular weight is 483 g/mol. The van der Waals surface area contributed by atoms with E-state index in [4.69, 9.17) is 4.74 Å². The molecule has 0 amide bonds. The Bertz CT molecular complexity index is 1280. The summed E-state index contributed by atoms with van der Waals surface area (Å²) in [6, 6.07) is 19.6. The molecule has 0 bridgehead atoms. The molecule has 0 spiro atoms. The fourth-order valence-electron chi connectivity index (χ4n) is 5.59. The number of allylic oxidation sites excluding steroid dienone is 4. The largest absolute Gasteiger partial charge is 0.497 e. The quantitative estimate of drug-likeness (QED) is 0.309. The summed E-state index contributed by atoms with van der Waals surface area (Å²) in [5.41, 5.74) is 6.46. The van der Waals surface area contributed by atoms with Crippen LogP contribution in [-0.2, 0) is 10.8 Å². The Hall–Kier alpha value is -3.20. The maximum Gasteiger partial charge on any atom is 0.119 e. The van der Waals surface area contributed by atoms with Gasteiger partial charge in [-0.15, -0.1) is 0 Å². The highest BCUT2D eigenvalue weighted by Gasteiger charge is 2.39. The first-order valence-corrected chi connectivity index (χ1v) is 13.3. The number of anilines is 2. The van der Waals surface area contributed by atoms with Crippen molar-refractivity contribution in [1.29, 1.82) is 0 Å². The fraction of sp³-hybridized carbons (Fsp3) is 0.394. The van der Waals surface area contributed by atoms with Crippen LogP contribution in [0.4, 0.5) is 11.4 Å². The summed E-state index contributed by atoms with van der Waals surface area (Å²) in [4.78, 5) is 2.36. The molecule has 0 atom stereocenters. The van der Waals surface area contributed by atoms with Crippen LogP contribution in [0.3, 0.4) is 0 Å². The number of benzene rings is 3. The molecule has 1 aliphatic heterocycles. The van der Waals surface area contributed by atoms with Crippen LogP contribution < -0.4 is 15.0 Å². The van der Waals surface area contributed by atoms with Crippen molar-refractivity contribution in [2.75, 3.05) is 30.9 Å². The first-order chi connectivity index (χ1) is 17.2. The van der Waals surface area contributed by atoms with E-state index in [1.807, 2.05) is 6.07 Å². The van der Waals surface area contributed by atoms with Gasteiger partial charge in [-0.25, -0.2) is 0 Å². The van der Waals surface area contributed by atoms with Gasteiger partial charge in [-0.1, -0.05) is 83.5 Å². The molecule has 1 N–H and O–H groups in total. The van der Waals surface area contributed by atoms with Crippen LogP contribution in [0.1, 0.15) is 65.0 Å². The molecule has 0 radical (unpaired) electrons. The van der Waals surface area contributed by atoms with E-state index in [9.17, 15) is 0 Å². The van der Waals surface area contributed by atoms with Crippen molar-refractivity contribution in [2.45, 2.75) is 64.7 Å². The van der Waals surface area contributed by atoms with E-state index in [1.165, 1.54) is 51.8 Å². The van der Waals surface area contributed by atoms with Crippen molar-refractivity contribution in [3.63, 3.8) is 0 Å². The molecule has 0 fully saturated rings. The molecule has 0 saturated carbocycles. The maximum atomic E-state index is 5.56. The zero-order chi connectivity index (χ0) is 25.9. The Kier molecular flexibility index (Phi) is 7.49. The highest BCUT2D eigenvalue weighted by Crippen LogP contribution is 2.50. The second kappa shape index (κ2) is 10.4. The molecule has 190 valence electrons. The van der Waals surface area contributed by atoms with E-state index in [-0.39, 0.29) is 10.8 Å². The predicted octanol–water partition coefficient (Wildman–Crippen LogP) is 8.60. The van der Waals surface area contributed by atoms with Crippen LogP contribution in [-0.4, -0.2) is 20.7 Å². The third-order valence-electron chi connectivity index (χ3n) is 7.72. The van der Waals surface area contributed by atoms with Gasteiger partial charge in [0.15, 0.2) is 0 Å². The predicted molar refractivity (Wildman–Crippen MR) is 157 cm³/mol. The molecule has 4 rings (SSSR count). The summed E-state index contributed by atoms with van der Waals surface area (Å²) in [6.45, 7) is 12.5. The Morgan fingerprint density at radius 3 is 2.58 bits per heavy atom.